The van der Waals surface area contributed by atoms with Gasteiger partial charge in [0.1, 0.15) is 18.2 Å². The summed E-state index contributed by atoms with van der Waals surface area (Å²) in [7, 11) is 0. The van der Waals surface area contributed by atoms with Gasteiger partial charge in [0.25, 0.3) is 0 Å². The molecule has 3 rings (SSSR count). The lowest BCUT2D eigenvalue weighted by Gasteiger charge is -2.25. The molecule has 13 nitrogen and oxygen atoms in total. The maximum atomic E-state index is 15.8. The van der Waals surface area contributed by atoms with Crippen LogP contribution in [-0.4, -0.2) is 80.1 Å². The Balaban J connectivity index is 1.81. The number of carbonyl (C=O) groups is 1. The molecule has 0 aromatic carbocycles. The van der Waals surface area contributed by atoms with E-state index in [-0.39, 0.29) is 29.6 Å². The third kappa shape index (κ3) is 5.92. The highest BCUT2D eigenvalue weighted by Gasteiger charge is 2.56. The highest BCUT2D eigenvalue weighted by Crippen LogP contribution is 2.57. The Morgan fingerprint density at radius 2 is 2.14 bits per heavy atom. The van der Waals surface area contributed by atoms with E-state index >= 15 is 4.39 Å². The second kappa shape index (κ2) is 11.6. The predicted molar refractivity (Wildman–Crippen MR) is 131 cm³/mol. The van der Waals surface area contributed by atoms with Crippen LogP contribution in [0.1, 0.15) is 40.8 Å². The molecular formula is C20H32FN6O7PS. The van der Waals surface area contributed by atoms with Crippen LogP contribution in [-0.2, 0) is 23.4 Å². The van der Waals surface area contributed by atoms with Crippen LogP contribution in [0.5, 0.6) is 5.88 Å². The zero-order chi connectivity index (χ0) is 26.7. The van der Waals surface area contributed by atoms with E-state index in [4.69, 9.17) is 24.5 Å². The molecule has 0 amide bonds. The van der Waals surface area contributed by atoms with Crippen molar-refractivity contribution >= 4 is 41.2 Å². The number of nitrogens with two attached hydrogens (primary N) is 1. The molecule has 4 N–H and O–H groups in total. The molecule has 2 aromatic rings. The molecule has 1 saturated heterocycles. The number of alkyl halides is 1. The molecule has 3 heterocycles. The third-order valence-electron chi connectivity index (χ3n) is 5.36. The lowest BCUT2D eigenvalue weighted by molar-refractivity contribution is -0.144. The molecule has 36 heavy (non-hydrogen) atoms. The van der Waals surface area contributed by atoms with Gasteiger partial charge in [-0.25, -0.2) is 14.5 Å². The van der Waals surface area contributed by atoms with Crippen molar-refractivity contribution < 1.29 is 37.6 Å². The third-order valence-corrected chi connectivity index (χ3v) is 9.57. The van der Waals surface area contributed by atoms with Gasteiger partial charge in [-0.1, -0.05) is 18.3 Å². The van der Waals surface area contributed by atoms with Gasteiger partial charge < -0.3 is 29.6 Å². The minimum Gasteiger partial charge on any atom is -0.476 e. The zero-order valence-corrected chi connectivity index (χ0v) is 22.4. The fourth-order valence-corrected chi connectivity index (χ4v) is 7.29. The summed E-state index contributed by atoms with van der Waals surface area (Å²) in [6, 6.07) is -0.912. The molecule has 0 saturated carbocycles. The van der Waals surface area contributed by atoms with Gasteiger partial charge in [0.2, 0.25) is 11.8 Å². The number of carbonyl (C=O) groups excluding carboxylic acids is 1. The van der Waals surface area contributed by atoms with Crippen LogP contribution in [0.4, 0.5) is 10.3 Å². The lowest BCUT2D eigenvalue weighted by Crippen LogP contribution is -2.41. The molecule has 2 aromatic heterocycles. The molecule has 202 valence electrons. The van der Waals surface area contributed by atoms with Crippen LogP contribution in [0.2, 0.25) is 0 Å². The Bertz CT molecular complexity index is 1120. The van der Waals surface area contributed by atoms with E-state index in [9.17, 15) is 14.5 Å². The molecular weight excluding hydrogens is 518 g/mol. The zero-order valence-electron chi connectivity index (χ0n) is 20.7. The average Bonchev–Trinajstić information content (AvgIpc) is 3.31. The Morgan fingerprint density at radius 3 is 2.78 bits per heavy atom. The molecule has 1 fully saturated rings. The van der Waals surface area contributed by atoms with E-state index in [0.29, 0.717) is 12.4 Å². The summed E-state index contributed by atoms with van der Waals surface area (Å²) in [4.78, 5) is 24.3. The van der Waals surface area contributed by atoms with E-state index in [1.165, 1.54) is 24.7 Å². The smallest absolute Gasteiger partial charge is 0.327 e. The van der Waals surface area contributed by atoms with Crippen molar-refractivity contribution in [2.24, 2.45) is 0 Å². The van der Waals surface area contributed by atoms with Crippen molar-refractivity contribution in [3.05, 3.63) is 6.33 Å². The number of esters is 1. The SMILES string of the molecule is CCOC(=O)[C@@H](C)NP(=O)(OC[C@H]1O[C@@H](n2cnc3c(OCC)nc(N)nc32)[C@](C)(F)[C@@H]1O)SCC. The first-order valence-electron chi connectivity index (χ1n) is 11.5. The molecule has 6 atom stereocenters. The van der Waals surface area contributed by atoms with Crippen LogP contribution in [0, 0.1) is 0 Å². The van der Waals surface area contributed by atoms with Crippen molar-refractivity contribution in [1.29, 1.82) is 0 Å². The lowest BCUT2D eigenvalue weighted by atomic mass is 9.98. The van der Waals surface area contributed by atoms with Crippen LogP contribution >= 0.6 is 18.1 Å². The molecule has 0 bridgehead atoms. The molecule has 1 aliphatic rings. The molecule has 1 aliphatic heterocycles. The van der Waals surface area contributed by atoms with Gasteiger partial charge in [-0.2, -0.15) is 9.97 Å². The minimum atomic E-state index is -3.63. The first-order valence-corrected chi connectivity index (χ1v) is 14.7. The maximum Gasteiger partial charge on any atom is 0.327 e. The Morgan fingerprint density at radius 1 is 1.42 bits per heavy atom. The number of hydrogen-bond acceptors (Lipinski definition) is 12. The quantitative estimate of drug-likeness (QED) is 0.260. The van der Waals surface area contributed by atoms with E-state index < -0.39 is 49.4 Å². The number of fused-ring (bicyclic) bond motifs is 1. The number of hydrogen-bond donors (Lipinski definition) is 3. The number of aromatic nitrogens is 4. The number of aliphatic hydroxyl groups excluding tert-OH is 1. The fraction of sp³-hybridized carbons (Fsp3) is 0.700. The number of rotatable bonds is 12. The number of nitrogens with zero attached hydrogens (tertiary/aromatic N) is 4. The maximum absolute atomic E-state index is 15.8. The van der Waals surface area contributed by atoms with E-state index in [2.05, 4.69) is 20.0 Å². The summed E-state index contributed by atoms with van der Waals surface area (Å²) in [6.07, 6.45) is -2.91. The molecule has 0 spiro atoms. The monoisotopic (exact) mass is 550 g/mol. The van der Waals surface area contributed by atoms with Crippen molar-refractivity contribution in [1.82, 2.24) is 24.6 Å². The number of aliphatic hydroxyl groups is 1. The first-order chi connectivity index (χ1) is 17.0. The van der Waals surface area contributed by atoms with Gasteiger partial charge in [-0.05, 0) is 27.7 Å². The van der Waals surface area contributed by atoms with Crippen molar-refractivity contribution in [2.45, 2.75) is 64.8 Å². The molecule has 0 aliphatic carbocycles. The number of ether oxygens (including phenoxy) is 3. The number of nitrogens with one attached hydrogen (secondary N) is 1. The number of imidazole rings is 1. The van der Waals surface area contributed by atoms with Crippen molar-refractivity contribution in [3.8, 4) is 5.88 Å². The summed E-state index contributed by atoms with van der Waals surface area (Å²) in [6.45, 7) is 4.27. The number of anilines is 1. The summed E-state index contributed by atoms with van der Waals surface area (Å²) in [5, 5.41) is 13.4. The van der Waals surface area contributed by atoms with Gasteiger partial charge in [-0.3, -0.25) is 13.9 Å². The standard InChI is InChI=1S/C20H32FN6O7PS/c1-6-31-16-13-15(24-19(22)25-16)27(10-23-13)18-20(5,21)14(28)12(34-18)9-33-35(30,36-8-3)26-11(4)17(29)32-7-2/h10-12,14,18,28H,6-9H2,1-5H3,(H,26,30)(H2,22,24,25)/t11-,12-,14-,18-,20-,35?/m1/s1. The largest absolute Gasteiger partial charge is 0.476 e. The van der Waals surface area contributed by atoms with Gasteiger partial charge >= 0.3 is 12.7 Å². The van der Waals surface area contributed by atoms with Crippen molar-refractivity contribution in [3.63, 3.8) is 0 Å². The molecule has 1 unspecified atom stereocenters. The van der Waals surface area contributed by atoms with Crippen LogP contribution in [0.15, 0.2) is 6.33 Å². The van der Waals surface area contributed by atoms with E-state index in [0.717, 1.165) is 11.4 Å². The van der Waals surface area contributed by atoms with E-state index in [1.54, 1.807) is 20.8 Å². The minimum absolute atomic E-state index is 0.106. The summed E-state index contributed by atoms with van der Waals surface area (Å²) < 4.78 is 52.2. The molecule has 16 heteroatoms. The molecule has 0 radical (unpaired) electrons. The summed E-state index contributed by atoms with van der Waals surface area (Å²) in [5.41, 5.74) is 3.89. The predicted octanol–water partition coefficient (Wildman–Crippen LogP) is 2.21. The van der Waals surface area contributed by atoms with Crippen LogP contribution < -0.4 is 15.6 Å². The normalized spacial score (nSPS) is 26.6. The Kier molecular flexibility index (Phi) is 9.17. The second-order valence-corrected chi connectivity index (χ2v) is 12.6. The topological polar surface area (TPSA) is 173 Å². The number of nitrogen functional groups attached to an aromatic ring is 1. The first kappa shape index (κ1) is 28.5. The van der Waals surface area contributed by atoms with E-state index in [1.807, 2.05) is 0 Å². The van der Waals surface area contributed by atoms with Gasteiger partial charge in [0.05, 0.1) is 26.1 Å². The van der Waals surface area contributed by atoms with Gasteiger partial charge in [0, 0.05) is 5.75 Å². The number of halogens is 1. The van der Waals surface area contributed by atoms with Crippen molar-refractivity contribution in [2.75, 3.05) is 31.3 Å². The summed E-state index contributed by atoms with van der Waals surface area (Å²) >= 11 is 0.959. The van der Waals surface area contributed by atoms with Gasteiger partial charge in [-0.15, -0.1) is 0 Å². The van der Waals surface area contributed by atoms with Crippen LogP contribution in [0.25, 0.3) is 11.2 Å². The fourth-order valence-electron chi connectivity index (χ4n) is 3.68. The summed E-state index contributed by atoms with van der Waals surface area (Å²) in [5.74, 6) is -0.156. The van der Waals surface area contributed by atoms with Crippen LogP contribution in [0.3, 0.4) is 0 Å². The van der Waals surface area contributed by atoms with Gasteiger partial charge in [0.15, 0.2) is 23.1 Å². The Labute approximate surface area is 211 Å². The highest BCUT2D eigenvalue weighted by molar-refractivity contribution is 8.56. The second-order valence-electron chi connectivity index (χ2n) is 8.08. The average molecular weight is 551 g/mol. The highest BCUT2D eigenvalue weighted by atomic mass is 32.7. The Hall–Kier alpha value is -2.03.